The first-order chi connectivity index (χ1) is 13.2. The lowest BCUT2D eigenvalue weighted by Crippen LogP contribution is -2.32. The molecule has 0 N–H and O–H groups in total. The standard InChI is InChI=1S/C19H17N5O2S/c1-23-10-9-21-17(23)18(25)24(12-13-5-4-8-20-11-13)19-22-16-14(26-2)6-3-7-15(16)27-19/h3-11H,12H2,1-2H3. The summed E-state index contributed by atoms with van der Waals surface area (Å²) in [4.78, 5) is 27.9. The van der Waals surface area contributed by atoms with Crippen LogP contribution in [-0.2, 0) is 13.6 Å². The Morgan fingerprint density at radius 1 is 1.26 bits per heavy atom. The number of thiazole rings is 1. The third-order valence-corrected chi connectivity index (χ3v) is 5.19. The molecule has 27 heavy (non-hydrogen) atoms. The molecular formula is C19H17N5O2S. The quantitative estimate of drug-likeness (QED) is 0.532. The number of aromatic nitrogens is 4. The van der Waals surface area contributed by atoms with Gasteiger partial charge in [-0.1, -0.05) is 23.5 Å². The Kier molecular flexibility index (Phi) is 4.55. The summed E-state index contributed by atoms with van der Waals surface area (Å²) in [5.74, 6) is 0.815. The van der Waals surface area contributed by atoms with Gasteiger partial charge in [0.25, 0.3) is 5.91 Å². The summed E-state index contributed by atoms with van der Waals surface area (Å²) in [6.07, 6.45) is 6.80. The van der Waals surface area contributed by atoms with E-state index in [1.165, 1.54) is 11.3 Å². The number of aryl methyl sites for hydroxylation is 1. The molecule has 7 nitrogen and oxygen atoms in total. The van der Waals surface area contributed by atoms with Gasteiger partial charge in [0.1, 0.15) is 11.3 Å². The zero-order valence-corrected chi connectivity index (χ0v) is 15.7. The molecule has 0 aliphatic rings. The Morgan fingerprint density at radius 2 is 2.15 bits per heavy atom. The molecule has 0 atom stereocenters. The second kappa shape index (κ2) is 7.16. The highest BCUT2D eigenvalue weighted by molar-refractivity contribution is 7.22. The molecule has 3 heterocycles. The molecule has 0 saturated carbocycles. The minimum atomic E-state index is -0.218. The van der Waals surface area contributed by atoms with Crippen molar-refractivity contribution in [2.45, 2.75) is 6.54 Å². The lowest BCUT2D eigenvalue weighted by atomic mass is 10.2. The predicted molar refractivity (Wildman–Crippen MR) is 104 cm³/mol. The van der Waals surface area contributed by atoms with Gasteiger partial charge in [-0.25, -0.2) is 9.97 Å². The summed E-state index contributed by atoms with van der Waals surface area (Å²) in [5, 5.41) is 0.589. The number of hydrogen-bond acceptors (Lipinski definition) is 6. The summed E-state index contributed by atoms with van der Waals surface area (Å²) >= 11 is 1.44. The normalized spacial score (nSPS) is 10.9. The minimum Gasteiger partial charge on any atom is -0.494 e. The molecule has 0 fully saturated rings. The van der Waals surface area contributed by atoms with Crippen LogP contribution in [-0.4, -0.2) is 32.5 Å². The molecule has 1 aromatic carbocycles. The second-order valence-electron chi connectivity index (χ2n) is 5.92. The number of anilines is 1. The predicted octanol–water partition coefficient (Wildman–Crippen LogP) is 3.28. The Balaban J connectivity index is 1.80. The van der Waals surface area contributed by atoms with Crippen LogP contribution in [0.1, 0.15) is 16.2 Å². The van der Waals surface area contributed by atoms with Crippen LogP contribution in [0.2, 0.25) is 0 Å². The van der Waals surface area contributed by atoms with Gasteiger partial charge in [0.15, 0.2) is 11.0 Å². The van der Waals surface area contributed by atoms with E-state index in [2.05, 4.69) is 15.0 Å². The van der Waals surface area contributed by atoms with Crippen molar-refractivity contribution in [1.29, 1.82) is 0 Å². The highest BCUT2D eigenvalue weighted by Gasteiger charge is 2.25. The van der Waals surface area contributed by atoms with Crippen LogP contribution in [0.5, 0.6) is 5.75 Å². The van der Waals surface area contributed by atoms with E-state index in [1.807, 2.05) is 30.3 Å². The fourth-order valence-corrected chi connectivity index (χ4v) is 3.77. The number of rotatable bonds is 5. The van der Waals surface area contributed by atoms with Crippen molar-refractivity contribution < 1.29 is 9.53 Å². The zero-order valence-electron chi connectivity index (χ0n) is 14.9. The number of ether oxygens (including phenoxy) is 1. The van der Waals surface area contributed by atoms with Gasteiger partial charge >= 0.3 is 0 Å². The molecule has 8 heteroatoms. The number of carbonyl (C=O) groups is 1. The Bertz CT molecular complexity index is 1090. The molecular weight excluding hydrogens is 362 g/mol. The molecule has 1 amide bonds. The maximum atomic E-state index is 13.2. The van der Waals surface area contributed by atoms with Crippen molar-refractivity contribution in [2.75, 3.05) is 12.0 Å². The number of nitrogens with zero attached hydrogens (tertiary/aromatic N) is 5. The number of fused-ring (bicyclic) bond motifs is 1. The van der Waals surface area contributed by atoms with Gasteiger partial charge in [-0.2, -0.15) is 0 Å². The van der Waals surface area contributed by atoms with E-state index >= 15 is 0 Å². The lowest BCUT2D eigenvalue weighted by Gasteiger charge is -2.19. The molecule has 0 unspecified atom stereocenters. The summed E-state index contributed by atoms with van der Waals surface area (Å²) in [7, 11) is 3.41. The van der Waals surface area contributed by atoms with E-state index in [9.17, 15) is 4.79 Å². The van der Waals surface area contributed by atoms with Crippen LogP contribution in [0.25, 0.3) is 10.2 Å². The van der Waals surface area contributed by atoms with Crippen LogP contribution in [0.4, 0.5) is 5.13 Å². The van der Waals surface area contributed by atoms with Gasteiger partial charge in [-0.3, -0.25) is 14.7 Å². The van der Waals surface area contributed by atoms with Gasteiger partial charge < -0.3 is 9.30 Å². The number of hydrogen-bond donors (Lipinski definition) is 0. The van der Waals surface area contributed by atoms with Crippen LogP contribution in [0.3, 0.4) is 0 Å². The van der Waals surface area contributed by atoms with Crippen LogP contribution >= 0.6 is 11.3 Å². The van der Waals surface area contributed by atoms with Crippen molar-refractivity contribution in [3.8, 4) is 5.75 Å². The number of imidazole rings is 1. The van der Waals surface area contributed by atoms with Crippen molar-refractivity contribution in [2.24, 2.45) is 7.05 Å². The highest BCUT2D eigenvalue weighted by atomic mass is 32.1. The summed E-state index contributed by atoms with van der Waals surface area (Å²) < 4.78 is 8.06. The van der Waals surface area contributed by atoms with Gasteiger partial charge in [-0.05, 0) is 23.8 Å². The number of carbonyl (C=O) groups excluding carboxylic acids is 1. The molecule has 0 radical (unpaired) electrons. The first-order valence-electron chi connectivity index (χ1n) is 8.29. The average molecular weight is 379 g/mol. The Hall–Kier alpha value is -3.26. The largest absolute Gasteiger partial charge is 0.494 e. The van der Waals surface area contributed by atoms with E-state index in [1.54, 1.807) is 48.4 Å². The maximum absolute atomic E-state index is 13.2. The van der Waals surface area contributed by atoms with E-state index < -0.39 is 0 Å². The molecule has 0 spiro atoms. The summed E-state index contributed by atoms with van der Waals surface area (Å²) in [6, 6.07) is 9.51. The Labute approximate surface area is 159 Å². The van der Waals surface area contributed by atoms with Crippen LogP contribution in [0.15, 0.2) is 55.1 Å². The van der Waals surface area contributed by atoms with Gasteiger partial charge in [0.05, 0.1) is 18.4 Å². The molecule has 3 aromatic heterocycles. The van der Waals surface area contributed by atoms with Crippen molar-refractivity contribution in [1.82, 2.24) is 19.5 Å². The van der Waals surface area contributed by atoms with Gasteiger partial charge in [0.2, 0.25) is 0 Å². The van der Waals surface area contributed by atoms with E-state index in [-0.39, 0.29) is 5.91 Å². The first-order valence-corrected chi connectivity index (χ1v) is 9.10. The van der Waals surface area contributed by atoms with Crippen molar-refractivity contribution in [3.05, 3.63) is 66.5 Å². The number of para-hydroxylation sites is 1. The SMILES string of the molecule is COc1cccc2sc(N(Cc3cccnc3)C(=O)c3nccn3C)nc12. The van der Waals surface area contributed by atoms with E-state index in [0.29, 0.717) is 23.3 Å². The second-order valence-corrected chi connectivity index (χ2v) is 6.93. The topological polar surface area (TPSA) is 73.1 Å². The number of amides is 1. The molecule has 4 aromatic rings. The van der Waals surface area contributed by atoms with Crippen molar-refractivity contribution >= 4 is 32.6 Å². The minimum absolute atomic E-state index is 0.218. The van der Waals surface area contributed by atoms with Gasteiger partial charge in [0, 0.05) is 31.8 Å². The average Bonchev–Trinajstić information content (AvgIpc) is 3.32. The smallest absolute Gasteiger partial charge is 0.296 e. The third-order valence-electron chi connectivity index (χ3n) is 4.14. The molecule has 4 rings (SSSR count). The fraction of sp³-hybridized carbons (Fsp3) is 0.158. The third kappa shape index (κ3) is 3.26. The summed E-state index contributed by atoms with van der Waals surface area (Å²) in [5.41, 5.74) is 1.65. The fourth-order valence-electron chi connectivity index (χ4n) is 2.78. The number of methoxy groups -OCH3 is 1. The highest BCUT2D eigenvalue weighted by Crippen LogP contribution is 2.35. The lowest BCUT2D eigenvalue weighted by molar-refractivity contribution is 0.0972. The molecule has 0 saturated heterocycles. The maximum Gasteiger partial charge on any atom is 0.296 e. The van der Waals surface area contributed by atoms with Crippen LogP contribution in [0, 0.1) is 0 Å². The Morgan fingerprint density at radius 3 is 2.85 bits per heavy atom. The number of pyridine rings is 1. The number of benzene rings is 1. The first kappa shape index (κ1) is 17.2. The van der Waals surface area contributed by atoms with Crippen molar-refractivity contribution in [3.63, 3.8) is 0 Å². The molecule has 0 aliphatic carbocycles. The molecule has 136 valence electrons. The van der Waals surface area contributed by atoms with Crippen LogP contribution < -0.4 is 9.64 Å². The molecule has 0 bridgehead atoms. The summed E-state index contributed by atoms with van der Waals surface area (Å²) in [6.45, 7) is 0.349. The monoisotopic (exact) mass is 379 g/mol. The molecule has 0 aliphatic heterocycles. The zero-order chi connectivity index (χ0) is 18.8. The van der Waals surface area contributed by atoms with E-state index in [0.717, 1.165) is 15.8 Å². The van der Waals surface area contributed by atoms with Gasteiger partial charge in [-0.15, -0.1) is 0 Å². The van der Waals surface area contributed by atoms with E-state index in [4.69, 9.17) is 4.74 Å².